The number of halogens is 1. The summed E-state index contributed by atoms with van der Waals surface area (Å²) >= 11 is 5.85. The maximum Gasteiger partial charge on any atom is 0.322 e. The Morgan fingerprint density at radius 3 is 2.67 bits per heavy atom. The predicted octanol–water partition coefficient (Wildman–Crippen LogP) is 3.04. The van der Waals surface area contributed by atoms with Gasteiger partial charge in [0.2, 0.25) is 5.89 Å². The first-order valence-corrected chi connectivity index (χ1v) is 6.42. The number of pyridine rings is 1. The molecule has 0 aliphatic rings. The molecule has 21 heavy (non-hydrogen) atoms. The van der Waals surface area contributed by atoms with E-state index in [0.717, 1.165) is 5.56 Å². The third kappa shape index (κ3) is 2.90. The zero-order valence-corrected chi connectivity index (χ0v) is 11.4. The zero-order valence-electron chi connectivity index (χ0n) is 10.7. The standard InChI is InChI=1S/C14H9ClN4O2/c15-11-10(7-4-8-16-11)12(20)17-14-19-18-13(21-14)9-5-2-1-3-6-9/h1-8H,(H,17,19,20). The van der Waals surface area contributed by atoms with Gasteiger partial charge in [-0.15, -0.1) is 5.10 Å². The fraction of sp³-hybridized carbons (Fsp3) is 0. The van der Waals surface area contributed by atoms with Gasteiger partial charge < -0.3 is 4.42 Å². The van der Waals surface area contributed by atoms with Crippen molar-refractivity contribution in [2.24, 2.45) is 0 Å². The Bertz CT molecular complexity index is 773. The van der Waals surface area contributed by atoms with Crippen molar-refractivity contribution in [2.45, 2.75) is 0 Å². The molecule has 104 valence electrons. The SMILES string of the molecule is O=C(Nc1nnc(-c2ccccc2)o1)c1cccnc1Cl. The number of hydrogen-bond acceptors (Lipinski definition) is 5. The molecule has 1 amide bonds. The largest absolute Gasteiger partial charge is 0.403 e. The third-order valence-corrected chi connectivity index (χ3v) is 2.97. The molecular weight excluding hydrogens is 292 g/mol. The van der Waals surface area contributed by atoms with Crippen molar-refractivity contribution >= 4 is 23.5 Å². The van der Waals surface area contributed by atoms with Crippen LogP contribution in [0.2, 0.25) is 5.15 Å². The number of nitrogens with one attached hydrogen (secondary N) is 1. The van der Waals surface area contributed by atoms with Gasteiger partial charge in [0.15, 0.2) is 0 Å². The molecule has 0 aliphatic heterocycles. The summed E-state index contributed by atoms with van der Waals surface area (Å²) in [5, 5.41) is 10.2. The van der Waals surface area contributed by atoms with Crippen LogP contribution >= 0.6 is 11.6 Å². The van der Waals surface area contributed by atoms with Gasteiger partial charge in [0, 0.05) is 11.8 Å². The van der Waals surface area contributed by atoms with E-state index in [-0.39, 0.29) is 16.7 Å². The van der Waals surface area contributed by atoms with Crippen molar-refractivity contribution < 1.29 is 9.21 Å². The Kier molecular flexibility index (Phi) is 3.61. The number of benzene rings is 1. The molecule has 6 nitrogen and oxygen atoms in total. The molecule has 0 atom stereocenters. The Morgan fingerprint density at radius 1 is 1.10 bits per heavy atom. The average molecular weight is 301 g/mol. The highest BCUT2D eigenvalue weighted by Gasteiger charge is 2.15. The Balaban J connectivity index is 1.79. The summed E-state index contributed by atoms with van der Waals surface area (Å²) in [4.78, 5) is 15.8. The van der Waals surface area contributed by atoms with Gasteiger partial charge in [-0.05, 0) is 24.3 Å². The lowest BCUT2D eigenvalue weighted by Gasteiger charge is -2.01. The Hall–Kier alpha value is -2.73. The molecule has 0 saturated heterocycles. The first-order chi connectivity index (χ1) is 10.2. The summed E-state index contributed by atoms with van der Waals surface area (Å²) in [6.45, 7) is 0. The van der Waals surface area contributed by atoms with Crippen LogP contribution in [0, 0.1) is 0 Å². The van der Waals surface area contributed by atoms with Crippen molar-refractivity contribution in [2.75, 3.05) is 5.32 Å². The number of carbonyl (C=O) groups is 1. The Morgan fingerprint density at radius 2 is 1.90 bits per heavy atom. The van der Waals surface area contributed by atoms with Crippen LogP contribution in [0.25, 0.3) is 11.5 Å². The molecule has 3 aromatic rings. The maximum absolute atomic E-state index is 12.0. The number of aromatic nitrogens is 3. The molecule has 0 radical (unpaired) electrons. The van der Waals surface area contributed by atoms with Crippen LogP contribution in [-0.4, -0.2) is 21.1 Å². The highest BCUT2D eigenvalue weighted by molar-refractivity contribution is 6.33. The zero-order chi connectivity index (χ0) is 14.7. The topological polar surface area (TPSA) is 80.9 Å². The molecule has 0 saturated carbocycles. The second-order valence-electron chi connectivity index (χ2n) is 4.07. The van der Waals surface area contributed by atoms with Crippen molar-refractivity contribution in [3.05, 3.63) is 59.4 Å². The molecule has 0 fully saturated rings. The number of amides is 1. The minimum atomic E-state index is -0.462. The molecule has 0 unspecified atom stereocenters. The summed E-state index contributed by atoms with van der Waals surface area (Å²) in [5.41, 5.74) is 1.00. The van der Waals surface area contributed by atoms with E-state index in [0.29, 0.717) is 5.89 Å². The minimum absolute atomic E-state index is 0.00114. The van der Waals surface area contributed by atoms with Gasteiger partial charge in [-0.2, -0.15) is 0 Å². The number of anilines is 1. The number of nitrogens with zero attached hydrogens (tertiary/aromatic N) is 3. The van der Waals surface area contributed by atoms with Crippen molar-refractivity contribution in [1.82, 2.24) is 15.2 Å². The maximum atomic E-state index is 12.0. The van der Waals surface area contributed by atoms with Gasteiger partial charge in [-0.3, -0.25) is 10.1 Å². The summed E-state index contributed by atoms with van der Waals surface area (Å²) in [7, 11) is 0. The minimum Gasteiger partial charge on any atom is -0.403 e. The van der Waals surface area contributed by atoms with E-state index in [4.69, 9.17) is 16.0 Å². The van der Waals surface area contributed by atoms with E-state index in [1.807, 2.05) is 30.3 Å². The smallest absolute Gasteiger partial charge is 0.322 e. The fourth-order valence-electron chi connectivity index (χ4n) is 1.69. The van der Waals surface area contributed by atoms with Gasteiger partial charge in [-0.25, -0.2) is 4.98 Å². The monoisotopic (exact) mass is 300 g/mol. The first-order valence-electron chi connectivity index (χ1n) is 6.05. The molecule has 1 aromatic carbocycles. The molecule has 7 heteroatoms. The molecular formula is C14H9ClN4O2. The summed E-state index contributed by atoms with van der Waals surface area (Å²) < 4.78 is 5.38. The van der Waals surface area contributed by atoms with Gasteiger partial charge >= 0.3 is 6.01 Å². The van der Waals surface area contributed by atoms with Crippen LogP contribution in [0.4, 0.5) is 6.01 Å². The second kappa shape index (κ2) is 5.72. The normalized spacial score (nSPS) is 10.3. The Labute approximate surface area is 124 Å². The van der Waals surface area contributed by atoms with Gasteiger partial charge in [-0.1, -0.05) is 34.9 Å². The van der Waals surface area contributed by atoms with E-state index < -0.39 is 5.91 Å². The van der Waals surface area contributed by atoms with Gasteiger partial charge in [0.25, 0.3) is 5.91 Å². The number of carbonyl (C=O) groups excluding carboxylic acids is 1. The van der Waals surface area contributed by atoms with E-state index in [9.17, 15) is 4.79 Å². The van der Waals surface area contributed by atoms with E-state index in [1.165, 1.54) is 6.20 Å². The van der Waals surface area contributed by atoms with Crippen LogP contribution in [0.5, 0.6) is 0 Å². The average Bonchev–Trinajstić information content (AvgIpc) is 2.97. The van der Waals surface area contributed by atoms with Gasteiger partial charge in [0.05, 0.1) is 5.56 Å². The summed E-state index contributed by atoms with van der Waals surface area (Å²) in [6.07, 6.45) is 1.50. The molecule has 2 heterocycles. The lowest BCUT2D eigenvalue weighted by molar-refractivity contribution is 0.102. The van der Waals surface area contributed by atoms with Crippen LogP contribution in [0.1, 0.15) is 10.4 Å². The lowest BCUT2D eigenvalue weighted by Crippen LogP contribution is -2.13. The van der Waals surface area contributed by atoms with E-state index in [1.54, 1.807) is 12.1 Å². The molecule has 0 spiro atoms. The third-order valence-electron chi connectivity index (χ3n) is 2.67. The molecule has 3 rings (SSSR count). The first kappa shape index (κ1) is 13.3. The highest BCUT2D eigenvalue weighted by Crippen LogP contribution is 2.20. The molecule has 0 aliphatic carbocycles. The lowest BCUT2D eigenvalue weighted by atomic mass is 10.2. The number of hydrogen-bond donors (Lipinski definition) is 1. The van der Waals surface area contributed by atoms with Crippen molar-refractivity contribution in [3.8, 4) is 11.5 Å². The van der Waals surface area contributed by atoms with Crippen molar-refractivity contribution in [3.63, 3.8) is 0 Å². The number of rotatable bonds is 3. The second-order valence-corrected chi connectivity index (χ2v) is 4.43. The van der Waals surface area contributed by atoms with Crippen LogP contribution in [-0.2, 0) is 0 Å². The summed E-state index contributed by atoms with van der Waals surface area (Å²) in [6, 6.07) is 12.4. The van der Waals surface area contributed by atoms with Gasteiger partial charge in [0.1, 0.15) is 5.15 Å². The van der Waals surface area contributed by atoms with Crippen LogP contribution in [0.15, 0.2) is 53.1 Å². The quantitative estimate of drug-likeness (QED) is 0.752. The van der Waals surface area contributed by atoms with Crippen LogP contribution < -0.4 is 5.32 Å². The van der Waals surface area contributed by atoms with Crippen LogP contribution in [0.3, 0.4) is 0 Å². The predicted molar refractivity (Wildman–Crippen MR) is 76.9 cm³/mol. The van der Waals surface area contributed by atoms with E-state index in [2.05, 4.69) is 20.5 Å². The fourth-order valence-corrected chi connectivity index (χ4v) is 1.90. The molecule has 0 bridgehead atoms. The summed E-state index contributed by atoms with van der Waals surface area (Å²) in [5.74, 6) is -0.139. The molecule has 2 aromatic heterocycles. The van der Waals surface area contributed by atoms with E-state index >= 15 is 0 Å². The van der Waals surface area contributed by atoms with Crippen molar-refractivity contribution in [1.29, 1.82) is 0 Å². The highest BCUT2D eigenvalue weighted by atomic mass is 35.5. The molecule has 1 N–H and O–H groups in total.